The average molecular weight is 248 g/mol. The molecule has 0 saturated heterocycles. The fourth-order valence-electron chi connectivity index (χ4n) is 1.38. The van der Waals surface area contributed by atoms with Gasteiger partial charge in [0.15, 0.2) is 0 Å². The van der Waals surface area contributed by atoms with E-state index >= 15 is 0 Å². The van der Waals surface area contributed by atoms with Gasteiger partial charge in [-0.15, -0.1) is 0 Å². The second-order valence-corrected chi connectivity index (χ2v) is 4.51. The van der Waals surface area contributed by atoms with Crippen molar-refractivity contribution in [2.24, 2.45) is 0 Å². The molecule has 0 atom stereocenters. The zero-order valence-corrected chi connectivity index (χ0v) is 11.2. The number of halogens is 2. The maximum absolute atomic E-state index is 12.6. The van der Waals surface area contributed by atoms with Crippen LogP contribution in [-0.4, -0.2) is 0 Å². The molecule has 0 unspecified atom stereocenters. The lowest BCUT2D eigenvalue weighted by Gasteiger charge is -1.98. The molecule has 0 nitrogen and oxygen atoms in total. The highest BCUT2D eigenvalue weighted by Crippen LogP contribution is 2.12. The zero-order valence-electron chi connectivity index (χ0n) is 11.2. The minimum atomic E-state index is -0.348. The SMILES string of the molecule is Cc1cc(F)c(C)cc1F.Cc1ccc(C)cc1. The molecule has 0 heterocycles. The Balaban J connectivity index is 0.000000184. The lowest BCUT2D eigenvalue weighted by atomic mass is 10.1. The van der Waals surface area contributed by atoms with Crippen molar-refractivity contribution in [1.82, 2.24) is 0 Å². The smallest absolute Gasteiger partial charge is 0.126 e. The molecule has 0 fully saturated rings. The van der Waals surface area contributed by atoms with E-state index < -0.39 is 0 Å². The molecule has 0 spiro atoms. The van der Waals surface area contributed by atoms with Gasteiger partial charge in [0, 0.05) is 0 Å². The van der Waals surface area contributed by atoms with E-state index in [9.17, 15) is 8.78 Å². The fraction of sp³-hybridized carbons (Fsp3) is 0.250. The van der Waals surface area contributed by atoms with Gasteiger partial charge in [-0.3, -0.25) is 0 Å². The molecule has 0 aromatic heterocycles. The number of hydrogen-bond acceptors (Lipinski definition) is 0. The summed E-state index contributed by atoms with van der Waals surface area (Å²) in [5, 5.41) is 0. The first-order valence-electron chi connectivity index (χ1n) is 5.85. The van der Waals surface area contributed by atoms with E-state index in [1.807, 2.05) is 0 Å². The summed E-state index contributed by atoms with van der Waals surface area (Å²) in [6.07, 6.45) is 0. The minimum Gasteiger partial charge on any atom is -0.207 e. The number of benzene rings is 2. The number of aryl methyl sites for hydroxylation is 4. The van der Waals surface area contributed by atoms with Crippen molar-refractivity contribution < 1.29 is 8.78 Å². The molecular weight excluding hydrogens is 230 g/mol. The van der Waals surface area contributed by atoms with Gasteiger partial charge >= 0.3 is 0 Å². The van der Waals surface area contributed by atoms with Crippen LogP contribution in [0.25, 0.3) is 0 Å². The van der Waals surface area contributed by atoms with E-state index in [1.54, 1.807) is 0 Å². The Morgan fingerprint density at radius 1 is 0.611 bits per heavy atom. The molecule has 2 heteroatoms. The molecule has 18 heavy (non-hydrogen) atoms. The Bertz CT molecular complexity index is 442. The van der Waals surface area contributed by atoms with Crippen LogP contribution in [0.4, 0.5) is 8.78 Å². The Labute approximate surface area is 107 Å². The first-order chi connectivity index (χ1) is 8.40. The van der Waals surface area contributed by atoms with Gasteiger partial charge in [-0.05, 0) is 51.0 Å². The molecule has 0 aliphatic rings. The Morgan fingerprint density at radius 2 is 0.889 bits per heavy atom. The second kappa shape index (κ2) is 6.29. The first-order valence-corrected chi connectivity index (χ1v) is 5.85. The van der Waals surface area contributed by atoms with Crippen molar-refractivity contribution >= 4 is 0 Å². The molecule has 2 aromatic carbocycles. The Morgan fingerprint density at radius 3 is 1.17 bits per heavy atom. The summed E-state index contributed by atoms with van der Waals surface area (Å²) < 4.78 is 25.2. The average Bonchev–Trinajstić information content (AvgIpc) is 2.31. The van der Waals surface area contributed by atoms with Crippen molar-refractivity contribution in [3.8, 4) is 0 Å². The normalized spacial score (nSPS) is 9.67. The fourth-order valence-corrected chi connectivity index (χ4v) is 1.38. The third-order valence-corrected chi connectivity index (χ3v) is 2.66. The van der Waals surface area contributed by atoms with Crippen molar-refractivity contribution in [1.29, 1.82) is 0 Å². The van der Waals surface area contributed by atoms with E-state index in [1.165, 1.54) is 37.1 Å². The van der Waals surface area contributed by atoms with Crippen LogP contribution < -0.4 is 0 Å². The third kappa shape index (κ3) is 4.28. The van der Waals surface area contributed by atoms with Crippen LogP contribution in [-0.2, 0) is 0 Å². The summed E-state index contributed by atoms with van der Waals surface area (Å²) in [7, 11) is 0. The van der Waals surface area contributed by atoms with Crippen LogP contribution in [0.3, 0.4) is 0 Å². The highest BCUT2D eigenvalue weighted by molar-refractivity contribution is 5.23. The molecule has 2 aromatic rings. The maximum atomic E-state index is 12.6. The van der Waals surface area contributed by atoms with Gasteiger partial charge in [-0.1, -0.05) is 35.4 Å². The van der Waals surface area contributed by atoms with E-state index in [0.717, 1.165) is 0 Å². The van der Waals surface area contributed by atoms with E-state index in [4.69, 9.17) is 0 Å². The van der Waals surface area contributed by atoms with Crippen LogP contribution in [0.5, 0.6) is 0 Å². The van der Waals surface area contributed by atoms with Gasteiger partial charge in [0.25, 0.3) is 0 Å². The van der Waals surface area contributed by atoms with Gasteiger partial charge in [0.05, 0.1) is 0 Å². The quantitative estimate of drug-likeness (QED) is 0.623. The molecule has 0 bridgehead atoms. The largest absolute Gasteiger partial charge is 0.207 e. The van der Waals surface area contributed by atoms with Gasteiger partial charge in [0.1, 0.15) is 11.6 Å². The molecular formula is C16H18F2. The second-order valence-electron chi connectivity index (χ2n) is 4.51. The molecule has 2 rings (SSSR count). The number of rotatable bonds is 0. The monoisotopic (exact) mass is 248 g/mol. The van der Waals surface area contributed by atoms with Crippen molar-refractivity contribution in [3.05, 3.63) is 70.3 Å². The van der Waals surface area contributed by atoms with E-state index in [0.29, 0.717) is 11.1 Å². The van der Waals surface area contributed by atoms with Crippen LogP contribution in [0.2, 0.25) is 0 Å². The maximum Gasteiger partial charge on any atom is 0.126 e. The van der Waals surface area contributed by atoms with E-state index in [2.05, 4.69) is 38.1 Å². The predicted octanol–water partition coefficient (Wildman–Crippen LogP) is 4.89. The van der Waals surface area contributed by atoms with Gasteiger partial charge < -0.3 is 0 Å². The van der Waals surface area contributed by atoms with Crippen LogP contribution in [0, 0.1) is 39.3 Å². The topological polar surface area (TPSA) is 0 Å². The van der Waals surface area contributed by atoms with Crippen molar-refractivity contribution in [2.75, 3.05) is 0 Å². The summed E-state index contributed by atoms with van der Waals surface area (Å²) in [6.45, 7) is 7.27. The summed E-state index contributed by atoms with van der Waals surface area (Å²) >= 11 is 0. The molecule has 96 valence electrons. The standard InChI is InChI=1S/C8H8F2.C8H10/c1-5-3-8(10)6(2)4-7(5)9;1-7-3-5-8(2)6-4-7/h3-4H,1-2H3;3-6H,1-2H3. The first kappa shape index (κ1) is 14.4. The summed E-state index contributed by atoms with van der Waals surface area (Å²) in [5.74, 6) is -0.696. The summed E-state index contributed by atoms with van der Waals surface area (Å²) in [4.78, 5) is 0. The lowest BCUT2D eigenvalue weighted by molar-refractivity contribution is 0.585. The van der Waals surface area contributed by atoms with Crippen LogP contribution in [0.15, 0.2) is 36.4 Å². The van der Waals surface area contributed by atoms with E-state index in [-0.39, 0.29) is 11.6 Å². The third-order valence-electron chi connectivity index (χ3n) is 2.66. The molecule has 0 saturated carbocycles. The van der Waals surface area contributed by atoms with Crippen molar-refractivity contribution in [2.45, 2.75) is 27.7 Å². The highest BCUT2D eigenvalue weighted by atomic mass is 19.1. The molecule has 0 radical (unpaired) electrons. The Hall–Kier alpha value is -1.70. The predicted molar refractivity (Wildman–Crippen MR) is 71.7 cm³/mol. The summed E-state index contributed by atoms with van der Waals surface area (Å²) in [6, 6.07) is 10.9. The van der Waals surface area contributed by atoms with Crippen LogP contribution in [0.1, 0.15) is 22.3 Å². The van der Waals surface area contributed by atoms with Crippen LogP contribution >= 0.6 is 0 Å². The molecule has 0 aliphatic carbocycles. The highest BCUT2D eigenvalue weighted by Gasteiger charge is 2.01. The van der Waals surface area contributed by atoms with Gasteiger partial charge in [-0.2, -0.15) is 0 Å². The lowest BCUT2D eigenvalue weighted by Crippen LogP contribution is -1.88. The number of hydrogen-bond donors (Lipinski definition) is 0. The van der Waals surface area contributed by atoms with Gasteiger partial charge in [0.2, 0.25) is 0 Å². The molecule has 0 N–H and O–H groups in total. The zero-order chi connectivity index (χ0) is 13.7. The summed E-state index contributed by atoms with van der Waals surface area (Å²) in [5.41, 5.74) is 3.36. The van der Waals surface area contributed by atoms with Crippen molar-refractivity contribution in [3.63, 3.8) is 0 Å². The molecule has 0 amide bonds. The van der Waals surface area contributed by atoms with Gasteiger partial charge in [-0.25, -0.2) is 8.78 Å². The Kier molecular flexibility index (Phi) is 5.02. The molecule has 0 aliphatic heterocycles. The minimum absolute atomic E-state index is 0.348.